The lowest BCUT2D eigenvalue weighted by Gasteiger charge is -2.23. The first-order valence-corrected chi connectivity index (χ1v) is 9.40. The second-order valence-electron chi connectivity index (χ2n) is 7.00. The van der Waals surface area contributed by atoms with E-state index >= 15 is 0 Å². The summed E-state index contributed by atoms with van der Waals surface area (Å²) in [4.78, 5) is 62.5. The largest absolute Gasteiger partial charge is 0.329 e. The molecule has 7 amide bonds. The SMILES string of the molecule is CCC1(CC)NC(=O)N(CC(=O)Nc2cccc(CN3C(=O)CNC3=O)c2)C1=O. The third-order valence-electron chi connectivity index (χ3n) is 5.24. The van der Waals surface area contributed by atoms with Gasteiger partial charge in [0.05, 0.1) is 13.1 Å². The molecule has 0 aromatic heterocycles. The normalized spacial score (nSPS) is 18.1. The first kappa shape index (κ1) is 20.3. The molecule has 3 rings (SSSR count). The van der Waals surface area contributed by atoms with Gasteiger partial charge in [0, 0.05) is 5.69 Å². The number of imide groups is 2. The average Bonchev–Trinajstić information content (AvgIpc) is 3.13. The van der Waals surface area contributed by atoms with Crippen molar-refractivity contribution >= 4 is 35.5 Å². The minimum absolute atomic E-state index is 0.0296. The summed E-state index contributed by atoms with van der Waals surface area (Å²) in [6, 6.07) is 5.63. The Labute approximate surface area is 167 Å². The molecule has 2 aliphatic heterocycles. The van der Waals surface area contributed by atoms with Gasteiger partial charge in [-0.2, -0.15) is 0 Å². The van der Waals surface area contributed by atoms with Crippen molar-refractivity contribution in [3.05, 3.63) is 29.8 Å². The summed E-state index contributed by atoms with van der Waals surface area (Å²) in [7, 11) is 0. The van der Waals surface area contributed by atoms with Gasteiger partial charge < -0.3 is 16.0 Å². The van der Waals surface area contributed by atoms with E-state index in [4.69, 9.17) is 0 Å². The molecule has 0 radical (unpaired) electrons. The summed E-state index contributed by atoms with van der Waals surface area (Å²) in [6.45, 7) is 3.27. The van der Waals surface area contributed by atoms with E-state index in [0.29, 0.717) is 24.1 Å². The number of nitrogens with zero attached hydrogens (tertiary/aromatic N) is 2. The Morgan fingerprint density at radius 3 is 2.41 bits per heavy atom. The maximum atomic E-state index is 12.6. The van der Waals surface area contributed by atoms with Gasteiger partial charge in [0.25, 0.3) is 5.91 Å². The highest BCUT2D eigenvalue weighted by atomic mass is 16.2. The highest BCUT2D eigenvalue weighted by molar-refractivity contribution is 6.10. The number of carbonyl (C=O) groups excluding carboxylic acids is 5. The van der Waals surface area contributed by atoms with Crippen molar-refractivity contribution < 1.29 is 24.0 Å². The molecule has 2 aliphatic rings. The molecule has 0 aliphatic carbocycles. The molecule has 2 saturated heterocycles. The van der Waals surface area contributed by atoms with Crippen LogP contribution in [-0.4, -0.2) is 58.2 Å². The first-order chi connectivity index (χ1) is 13.8. The van der Waals surface area contributed by atoms with E-state index in [9.17, 15) is 24.0 Å². The molecule has 3 N–H and O–H groups in total. The van der Waals surface area contributed by atoms with Crippen LogP contribution in [0, 0.1) is 0 Å². The number of hydrogen-bond donors (Lipinski definition) is 3. The molecule has 10 nitrogen and oxygen atoms in total. The van der Waals surface area contributed by atoms with Gasteiger partial charge in [-0.1, -0.05) is 26.0 Å². The number of carbonyl (C=O) groups is 5. The molecule has 0 bridgehead atoms. The lowest BCUT2D eigenvalue weighted by Crippen LogP contribution is -2.46. The summed E-state index contributed by atoms with van der Waals surface area (Å²) in [5.74, 6) is -1.25. The third kappa shape index (κ3) is 3.91. The van der Waals surface area contributed by atoms with Crippen LogP contribution < -0.4 is 16.0 Å². The molecule has 29 heavy (non-hydrogen) atoms. The summed E-state index contributed by atoms with van der Waals surface area (Å²) in [5.41, 5.74) is 0.128. The predicted molar refractivity (Wildman–Crippen MR) is 103 cm³/mol. The van der Waals surface area contributed by atoms with E-state index in [1.165, 1.54) is 0 Å². The zero-order valence-electron chi connectivity index (χ0n) is 16.3. The van der Waals surface area contributed by atoms with Gasteiger partial charge in [-0.25, -0.2) is 9.59 Å². The van der Waals surface area contributed by atoms with Crippen LogP contribution in [0.2, 0.25) is 0 Å². The van der Waals surface area contributed by atoms with E-state index in [2.05, 4.69) is 16.0 Å². The molecule has 10 heteroatoms. The number of urea groups is 2. The fraction of sp³-hybridized carbons (Fsp3) is 0.421. The number of rotatable bonds is 7. The molecule has 0 spiro atoms. The van der Waals surface area contributed by atoms with Gasteiger partial charge in [0.2, 0.25) is 11.8 Å². The molecular weight excluding hydrogens is 378 g/mol. The average molecular weight is 401 g/mol. The van der Waals surface area contributed by atoms with Crippen LogP contribution in [0.25, 0.3) is 0 Å². The maximum Gasteiger partial charge on any atom is 0.325 e. The molecule has 154 valence electrons. The van der Waals surface area contributed by atoms with Crippen molar-refractivity contribution in [2.24, 2.45) is 0 Å². The fourth-order valence-corrected chi connectivity index (χ4v) is 3.44. The molecule has 2 heterocycles. The minimum Gasteiger partial charge on any atom is -0.329 e. The lowest BCUT2D eigenvalue weighted by molar-refractivity contribution is -0.134. The van der Waals surface area contributed by atoms with E-state index in [-0.39, 0.29) is 19.0 Å². The van der Waals surface area contributed by atoms with Crippen LogP contribution in [0.5, 0.6) is 0 Å². The van der Waals surface area contributed by atoms with Crippen molar-refractivity contribution in [1.29, 1.82) is 0 Å². The first-order valence-electron chi connectivity index (χ1n) is 9.40. The Kier molecular flexibility index (Phi) is 5.53. The second kappa shape index (κ2) is 7.90. The quantitative estimate of drug-likeness (QED) is 0.582. The van der Waals surface area contributed by atoms with Gasteiger partial charge in [-0.3, -0.25) is 24.2 Å². The Morgan fingerprint density at radius 1 is 1.10 bits per heavy atom. The monoisotopic (exact) mass is 401 g/mol. The van der Waals surface area contributed by atoms with Crippen LogP contribution in [0.4, 0.5) is 15.3 Å². The van der Waals surface area contributed by atoms with E-state index in [1.54, 1.807) is 24.3 Å². The van der Waals surface area contributed by atoms with Gasteiger partial charge in [0.1, 0.15) is 12.1 Å². The molecular formula is C19H23N5O5. The topological polar surface area (TPSA) is 128 Å². The molecule has 1 aromatic carbocycles. The van der Waals surface area contributed by atoms with Crippen LogP contribution in [0.15, 0.2) is 24.3 Å². The van der Waals surface area contributed by atoms with Crippen molar-refractivity contribution in [2.75, 3.05) is 18.4 Å². The van der Waals surface area contributed by atoms with Gasteiger partial charge in [-0.05, 0) is 30.5 Å². The minimum atomic E-state index is -0.958. The second-order valence-corrected chi connectivity index (χ2v) is 7.00. The molecule has 0 atom stereocenters. The van der Waals surface area contributed by atoms with Gasteiger partial charge in [-0.15, -0.1) is 0 Å². The highest BCUT2D eigenvalue weighted by Gasteiger charge is 2.49. The molecule has 0 saturated carbocycles. The van der Waals surface area contributed by atoms with Crippen molar-refractivity contribution in [2.45, 2.75) is 38.8 Å². The Hall–Kier alpha value is -3.43. The lowest BCUT2D eigenvalue weighted by atomic mass is 9.93. The van der Waals surface area contributed by atoms with Crippen LogP contribution in [-0.2, 0) is 20.9 Å². The third-order valence-corrected chi connectivity index (χ3v) is 5.24. The zero-order chi connectivity index (χ0) is 21.2. The number of anilines is 1. The summed E-state index contributed by atoms with van der Waals surface area (Å²) in [6.07, 6.45) is 0.883. The predicted octanol–water partition coefficient (Wildman–Crippen LogP) is 0.788. The highest BCUT2D eigenvalue weighted by Crippen LogP contribution is 2.24. The summed E-state index contributed by atoms with van der Waals surface area (Å²) < 4.78 is 0. The Bertz CT molecular complexity index is 863. The van der Waals surface area contributed by atoms with E-state index in [0.717, 1.165) is 9.80 Å². The van der Waals surface area contributed by atoms with Crippen molar-refractivity contribution in [1.82, 2.24) is 20.4 Å². The Balaban J connectivity index is 1.64. The molecule has 1 aromatic rings. The fourth-order valence-electron chi connectivity index (χ4n) is 3.44. The number of benzene rings is 1. The number of hydrogen-bond acceptors (Lipinski definition) is 5. The van der Waals surface area contributed by atoms with E-state index < -0.39 is 36.0 Å². The molecule has 0 unspecified atom stereocenters. The van der Waals surface area contributed by atoms with Gasteiger partial charge >= 0.3 is 12.1 Å². The van der Waals surface area contributed by atoms with Crippen molar-refractivity contribution in [3.8, 4) is 0 Å². The maximum absolute atomic E-state index is 12.6. The van der Waals surface area contributed by atoms with Crippen LogP contribution in [0.3, 0.4) is 0 Å². The van der Waals surface area contributed by atoms with E-state index in [1.807, 2.05) is 13.8 Å². The number of nitrogens with one attached hydrogen (secondary N) is 3. The number of amides is 7. The zero-order valence-corrected chi connectivity index (χ0v) is 16.3. The summed E-state index contributed by atoms with van der Waals surface area (Å²) in [5, 5.41) is 7.76. The Morgan fingerprint density at radius 2 is 1.83 bits per heavy atom. The molecule has 2 fully saturated rings. The van der Waals surface area contributed by atoms with Crippen LogP contribution in [0.1, 0.15) is 32.3 Å². The van der Waals surface area contributed by atoms with Crippen LogP contribution >= 0.6 is 0 Å². The standard InChI is InChI=1S/C19H23N5O5/c1-3-19(4-2)16(27)24(18(29)22-19)11-14(25)21-13-7-5-6-12(8-13)10-23-15(26)9-20-17(23)28/h5-8H,3-4,9-11H2,1-2H3,(H,20,28)(H,21,25)(H,22,29). The smallest absolute Gasteiger partial charge is 0.325 e. The van der Waals surface area contributed by atoms with Gasteiger partial charge in [0.15, 0.2) is 0 Å². The summed E-state index contributed by atoms with van der Waals surface area (Å²) >= 11 is 0. The van der Waals surface area contributed by atoms with Crippen molar-refractivity contribution in [3.63, 3.8) is 0 Å².